The first kappa shape index (κ1) is 15.1. The number of fused-ring (bicyclic) bond motifs is 2. The molecule has 0 saturated heterocycles. The molecule has 0 unspecified atom stereocenters. The maximum Gasteiger partial charge on any atom is 0.262 e. The lowest BCUT2D eigenvalue weighted by atomic mass is 10.1. The molecule has 1 aliphatic rings. The van der Waals surface area contributed by atoms with E-state index in [2.05, 4.69) is 27.4 Å². The maximum atomic E-state index is 12.7. The second-order valence-electron chi connectivity index (χ2n) is 5.92. The molecule has 0 saturated carbocycles. The Morgan fingerprint density at radius 2 is 2.17 bits per heavy atom. The van der Waals surface area contributed by atoms with E-state index in [9.17, 15) is 4.79 Å². The zero-order valence-electron chi connectivity index (χ0n) is 13.1. The van der Waals surface area contributed by atoms with E-state index in [1.165, 1.54) is 15.0 Å². The molecular weight excluding hydrogens is 320 g/mol. The van der Waals surface area contributed by atoms with Crippen molar-refractivity contribution in [3.05, 3.63) is 62.3 Å². The van der Waals surface area contributed by atoms with E-state index in [4.69, 9.17) is 5.26 Å². The molecule has 0 bridgehead atoms. The molecule has 0 amide bonds. The van der Waals surface area contributed by atoms with Crippen LogP contribution in [0.2, 0.25) is 0 Å². The highest BCUT2D eigenvalue weighted by Crippen LogP contribution is 2.24. The Balaban J connectivity index is 1.72. The normalized spacial score (nSPS) is 14.5. The van der Waals surface area contributed by atoms with E-state index in [-0.39, 0.29) is 12.1 Å². The number of rotatable bonds is 3. The first-order valence-corrected chi connectivity index (χ1v) is 8.77. The van der Waals surface area contributed by atoms with Gasteiger partial charge in [-0.05, 0) is 35.6 Å². The topological polar surface area (TPSA) is 61.9 Å². The van der Waals surface area contributed by atoms with Gasteiger partial charge in [-0.2, -0.15) is 5.26 Å². The van der Waals surface area contributed by atoms with Gasteiger partial charge in [0.2, 0.25) is 0 Å². The molecule has 1 aromatic carbocycles. The predicted molar refractivity (Wildman–Crippen MR) is 93.8 cm³/mol. The molecule has 2 aromatic heterocycles. The molecule has 0 spiro atoms. The van der Waals surface area contributed by atoms with Gasteiger partial charge in [-0.25, -0.2) is 4.98 Å². The molecule has 0 fully saturated rings. The molecule has 24 heavy (non-hydrogen) atoms. The van der Waals surface area contributed by atoms with Gasteiger partial charge in [0, 0.05) is 18.0 Å². The third-order valence-corrected chi connectivity index (χ3v) is 5.44. The van der Waals surface area contributed by atoms with E-state index in [0.717, 1.165) is 19.5 Å². The molecule has 0 N–H and O–H groups in total. The van der Waals surface area contributed by atoms with Gasteiger partial charge in [0.25, 0.3) is 5.56 Å². The van der Waals surface area contributed by atoms with Crippen LogP contribution < -0.4 is 5.56 Å². The maximum absolute atomic E-state index is 12.7. The van der Waals surface area contributed by atoms with Crippen LogP contribution in [0.1, 0.15) is 16.3 Å². The number of benzene rings is 1. The summed E-state index contributed by atoms with van der Waals surface area (Å²) in [5, 5.41) is 11.8. The molecule has 0 atom stereocenters. The molecule has 3 aromatic rings. The van der Waals surface area contributed by atoms with Gasteiger partial charge in [-0.1, -0.05) is 12.1 Å². The average molecular weight is 336 g/mol. The summed E-state index contributed by atoms with van der Waals surface area (Å²) in [6.07, 6.45) is 1.03. The fourth-order valence-electron chi connectivity index (χ4n) is 3.21. The Morgan fingerprint density at radius 1 is 1.29 bits per heavy atom. The third kappa shape index (κ3) is 2.62. The number of nitrogens with zero attached hydrogens (tertiary/aromatic N) is 4. The highest BCUT2D eigenvalue weighted by atomic mass is 32.1. The van der Waals surface area contributed by atoms with E-state index >= 15 is 0 Å². The summed E-state index contributed by atoms with van der Waals surface area (Å²) in [7, 11) is 0. The first-order chi connectivity index (χ1) is 11.8. The lowest BCUT2D eigenvalue weighted by Crippen LogP contribution is -2.33. The molecular formula is C18H16N4OS. The zero-order valence-corrected chi connectivity index (χ0v) is 13.9. The van der Waals surface area contributed by atoms with Crippen LogP contribution in [-0.4, -0.2) is 21.0 Å². The summed E-state index contributed by atoms with van der Waals surface area (Å²) in [6, 6.07) is 11.6. The summed E-state index contributed by atoms with van der Waals surface area (Å²) in [5.41, 5.74) is 1.92. The van der Waals surface area contributed by atoms with Crippen LogP contribution in [-0.2, 0) is 26.1 Å². The van der Waals surface area contributed by atoms with E-state index < -0.39 is 0 Å². The fourth-order valence-corrected chi connectivity index (χ4v) is 4.10. The van der Waals surface area contributed by atoms with E-state index in [1.54, 1.807) is 6.07 Å². The Hall–Kier alpha value is -2.49. The molecule has 0 aliphatic carbocycles. The minimum atomic E-state index is -0.134. The van der Waals surface area contributed by atoms with Gasteiger partial charge >= 0.3 is 0 Å². The van der Waals surface area contributed by atoms with Gasteiger partial charge < -0.3 is 0 Å². The molecule has 0 radical (unpaired) electrons. The van der Waals surface area contributed by atoms with Crippen molar-refractivity contribution in [3.63, 3.8) is 0 Å². The van der Waals surface area contributed by atoms with Crippen LogP contribution in [0.3, 0.4) is 0 Å². The first-order valence-electron chi connectivity index (χ1n) is 7.89. The van der Waals surface area contributed by atoms with E-state index in [0.29, 0.717) is 23.3 Å². The van der Waals surface area contributed by atoms with Gasteiger partial charge in [0.05, 0.1) is 23.5 Å². The Labute approximate surface area is 143 Å². The highest BCUT2D eigenvalue weighted by Gasteiger charge is 2.20. The smallest absolute Gasteiger partial charge is 0.262 e. The van der Waals surface area contributed by atoms with Gasteiger partial charge in [-0.15, -0.1) is 11.3 Å². The second kappa shape index (κ2) is 6.19. The number of thiophene rings is 1. The minimum absolute atomic E-state index is 0.0313. The molecule has 5 nitrogen and oxygen atoms in total. The van der Waals surface area contributed by atoms with Crippen molar-refractivity contribution in [2.75, 3.05) is 6.54 Å². The molecule has 6 heteroatoms. The van der Waals surface area contributed by atoms with Crippen LogP contribution in [0.4, 0.5) is 0 Å². The summed E-state index contributed by atoms with van der Waals surface area (Å²) in [4.78, 5) is 21.1. The number of para-hydroxylation sites is 1. The summed E-state index contributed by atoms with van der Waals surface area (Å²) < 4.78 is 1.51. The summed E-state index contributed by atoms with van der Waals surface area (Å²) in [5.74, 6) is 0.666. The lowest BCUT2D eigenvalue weighted by molar-refractivity contribution is 0.237. The number of aromatic nitrogens is 2. The lowest BCUT2D eigenvalue weighted by Gasteiger charge is -2.27. The van der Waals surface area contributed by atoms with Crippen LogP contribution in [0.15, 0.2) is 40.5 Å². The Morgan fingerprint density at radius 3 is 3.04 bits per heavy atom. The highest BCUT2D eigenvalue weighted by molar-refractivity contribution is 7.10. The quantitative estimate of drug-likeness (QED) is 0.737. The Bertz CT molecular complexity index is 998. The third-order valence-electron chi connectivity index (χ3n) is 4.42. The number of nitriles is 1. The molecule has 1 aliphatic heterocycles. The van der Waals surface area contributed by atoms with Crippen LogP contribution in [0, 0.1) is 11.3 Å². The Kier molecular flexibility index (Phi) is 3.89. The molecule has 120 valence electrons. The fraction of sp³-hybridized carbons (Fsp3) is 0.278. The monoisotopic (exact) mass is 336 g/mol. The predicted octanol–water partition coefficient (Wildman–Crippen LogP) is 2.54. The largest absolute Gasteiger partial charge is 0.291 e. The average Bonchev–Trinajstić information content (AvgIpc) is 3.06. The van der Waals surface area contributed by atoms with E-state index in [1.807, 2.05) is 29.5 Å². The standard InChI is InChI=1S/C18H16N4OS/c19-7-9-22-17(20-15-4-2-1-3-14(15)18(22)23)12-21-8-5-16-13(11-21)6-10-24-16/h1-4,6,10H,5,8-9,11-12H2. The van der Waals surface area contributed by atoms with Crippen molar-refractivity contribution < 1.29 is 0 Å². The van der Waals surface area contributed by atoms with Crippen molar-refractivity contribution in [3.8, 4) is 6.07 Å². The summed E-state index contributed by atoms with van der Waals surface area (Å²) in [6.45, 7) is 2.43. The number of hydrogen-bond acceptors (Lipinski definition) is 5. The zero-order chi connectivity index (χ0) is 16.5. The van der Waals surface area contributed by atoms with Crippen molar-refractivity contribution in [1.29, 1.82) is 5.26 Å². The van der Waals surface area contributed by atoms with Gasteiger partial charge in [0.1, 0.15) is 12.4 Å². The van der Waals surface area contributed by atoms with Crippen molar-refractivity contribution in [2.45, 2.75) is 26.1 Å². The minimum Gasteiger partial charge on any atom is -0.291 e. The van der Waals surface area contributed by atoms with Crippen molar-refractivity contribution in [1.82, 2.24) is 14.5 Å². The van der Waals surface area contributed by atoms with Crippen molar-refractivity contribution >= 4 is 22.2 Å². The SMILES string of the molecule is N#CCn1c(CN2CCc3sccc3C2)nc2ccccc2c1=O. The van der Waals surface area contributed by atoms with Crippen LogP contribution in [0.25, 0.3) is 10.9 Å². The molecule has 3 heterocycles. The van der Waals surface area contributed by atoms with Gasteiger partial charge in [-0.3, -0.25) is 14.3 Å². The van der Waals surface area contributed by atoms with Crippen LogP contribution in [0.5, 0.6) is 0 Å². The van der Waals surface area contributed by atoms with Crippen LogP contribution >= 0.6 is 11.3 Å². The summed E-state index contributed by atoms with van der Waals surface area (Å²) >= 11 is 1.81. The molecule has 4 rings (SSSR count). The van der Waals surface area contributed by atoms with Crippen molar-refractivity contribution in [2.24, 2.45) is 0 Å². The second-order valence-corrected chi connectivity index (χ2v) is 6.92. The number of hydrogen-bond donors (Lipinski definition) is 0. The van der Waals surface area contributed by atoms with Gasteiger partial charge in [0.15, 0.2) is 0 Å².